The van der Waals surface area contributed by atoms with Crippen molar-refractivity contribution in [1.29, 1.82) is 0 Å². The van der Waals surface area contributed by atoms with Crippen LogP contribution in [0.4, 0.5) is 4.39 Å². The maximum atomic E-state index is 12.7. The Morgan fingerprint density at radius 3 is 2.82 bits per heavy atom. The van der Waals surface area contributed by atoms with Gasteiger partial charge in [-0.15, -0.1) is 0 Å². The molecule has 4 heteroatoms. The van der Waals surface area contributed by atoms with E-state index in [0.717, 1.165) is 25.9 Å². The van der Waals surface area contributed by atoms with Gasteiger partial charge in [-0.05, 0) is 56.1 Å². The minimum Gasteiger partial charge on any atom is -0.352 e. The Labute approximate surface area is 100 Å². The van der Waals surface area contributed by atoms with Crippen LogP contribution in [0.2, 0.25) is 0 Å². The number of carbonyl (C=O) groups is 1. The van der Waals surface area contributed by atoms with Crippen molar-refractivity contribution in [3.05, 3.63) is 35.6 Å². The molecule has 3 nitrogen and oxygen atoms in total. The van der Waals surface area contributed by atoms with Gasteiger partial charge in [-0.3, -0.25) is 4.79 Å². The second-order valence-electron chi connectivity index (χ2n) is 4.43. The summed E-state index contributed by atoms with van der Waals surface area (Å²) in [7, 11) is 0. The normalized spacial score (nSPS) is 19.9. The second-order valence-corrected chi connectivity index (χ2v) is 4.43. The monoisotopic (exact) mass is 236 g/mol. The lowest BCUT2D eigenvalue weighted by Crippen LogP contribution is -2.38. The Morgan fingerprint density at radius 2 is 2.18 bits per heavy atom. The van der Waals surface area contributed by atoms with Crippen LogP contribution in [0.15, 0.2) is 24.3 Å². The van der Waals surface area contributed by atoms with Gasteiger partial charge >= 0.3 is 0 Å². The number of nitrogens with one attached hydrogen (secondary N) is 2. The molecule has 17 heavy (non-hydrogen) atoms. The molecule has 1 aliphatic heterocycles. The number of benzene rings is 1. The van der Waals surface area contributed by atoms with Crippen molar-refractivity contribution in [2.24, 2.45) is 5.92 Å². The van der Waals surface area contributed by atoms with Gasteiger partial charge in [0.05, 0.1) is 0 Å². The van der Waals surface area contributed by atoms with Crippen molar-refractivity contribution < 1.29 is 9.18 Å². The van der Waals surface area contributed by atoms with Crippen LogP contribution in [0, 0.1) is 11.7 Å². The standard InChI is InChI=1S/C13H17FN2O/c14-12-5-3-11(4-6-12)13(17)16-9-10-2-1-7-15-8-10/h3-6,10,15H,1-2,7-9H2,(H,16,17). The Kier molecular flexibility index (Phi) is 4.09. The van der Waals surface area contributed by atoms with E-state index in [2.05, 4.69) is 10.6 Å². The van der Waals surface area contributed by atoms with Crippen molar-refractivity contribution in [2.75, 3.05) is 19.6 Å². The molecule has 1 atom stereocenters. The maximum Gasteiger partial charge on any atom is 0.251 e. The molecular formula is C13H17FN2O. The molecule has 92 valence electrons. The third kappa shape index (κ3) is 3.53. The minimum atomic E-state index is -0.321. The van der Waals surface area contributed by atoms with Crippen LogP contribution in [0.1, 0.15) is 23.2 Å². The van der Waals surface area contributed by atoms with Gasteiger partial charge in [0, 0.05) is 12.1 Å². The van der Waals surface area contributed by atoms with E-state index in [4.69, 9.17) is 0 Å². The van der Waals surface area contributed by atoms with Crippen molar-refractivity contribution in [2.45, 2.75) is 12.8 Å². The molecule has 0 aromatic heterocycles. The molecule has 1 aliphatic rings. The van der Waals surface area contributed by atoms with E-state index in [1.54, 1.807) is 0 Å². The molecule has 1 saturated heterocycles. The fourth-order valence-corrected chi connectivity index (χ4v) is 2.04. The minimum absolute atomic E-state index is 0.129. The SMILES string of the molecule is O=C(NCC1CCCNC1)c1ccc(F)cc1. The number of rotatable bonds is 3. The van der Waals surface area contributed by atoms with Gasteiger partial charge in [0.1, 0.15) is 5.82 Å². The van der Waals surface area contributed by atoms with Gasteiger partial charge in [-0.25, -0.2) is 4.39 Å². The largest absolute Gasteiger partial charge is 0.352 e. The highest BCUT2D eigenvalue weighted by Gasteiger charge is 2.14. The summed E-state index contributed by atoms with van der Waals surface area (Å²) in [5.41, 5.74) is 0.509. The average molecular weight is 236 g/mol. The third-order valence-electron chi connectivity index (χ3n) is 3.06. The number of hydrogen-bond donors (Lipinski definition) is 2. The quantitative estimate of drug-likeness (QED) is 0.836. The van der Waals surface area contributed by atoms with Crippen molar-refractivity contribution >= 4 is 5.91 Å². The van der Waals surface area contributed by atoms with Crippen LogP contribution in [0.5, 0.6) is 0 Å². The number of piperidine rings is 1. The molecule has 1 fully saturated rings. The Balaban J connectivity index is 1.82. The highest BCUT2D eigenvalue weighted by molar-refractivity contribution is 5.94. The molecule has 0 bridgehead atoms. The highest BCUT2D eigenvalue weighted by Crippen LogP contribution is 2.09. The van der Waals surface area contributed by atoms with Crippen molar-refractivity contribution in [3.8, 4) is 0 Å². The van der Waals surface area contributed by atoms with Crippen LogP contribution >= 0.6 is 0 Å². The summed E-state index contributed by atoms with van der Waals surface area (Å²) in [6.45, 7) is 2.72. The smallest absolute Gasteiger partial charge is 0.251 e. The summed E-state index contributed by atoms with van der Waals surface area (Å²) in [6.07, 6.45) is 2.31. The van der Waals surface area contributed by atoms with Crippen LogP contribution < -0.4 is 10.6 Å². The predicted octanol–water partition coefficient (Wildman–Crippen LogP) is 1.56. The van der Waals surface area contributed by atoms with Gasteiger partial charge in [0.2, 0.25) is 0 Å². The lowest BCUT2D eigenvalue weighted by molar-refractivity contribution is 0.0945. The lowest BCUT2D eigenvalue weighted by Gasteiger charge is -2.22. The van der Waals surface area contributed by atoms with Crippen LogP contribution in [-0.4, -0.2) is 25.5 Å². The van der Waals surface area contributed by atoms with E-state index in [9.17, 15) is 9.18 Å². The summed E-state index contributed by atoms with van der Waals surface area (Å²) in [5, 5.41) is 6.19. The summed E-state index contributed by atoms with van der Waals surface area (Å²) in [5.74, 6) is 0.0572. The Bertz CT molecular complexity index is 372. The molecule has 2 rings (SSSR count). The second kappa shape index (κ2) is 5.77. The highest BCUT2D eigenvalue weighted by atomic mass is 19.1. The molecule has 0 radical (unpaired) electrons. The topological polar surface area (TPSA) is 41.1 Å². The molecule has 0 spiro atoms. The van der Waals surface area contributed by atoms with E-state index >= 15 is 0 Å². The number of hydrogen-bond acceptors (Lipinski definition) is 2. The predicted molar refractivity (Wildman–Crippen MR) is 64.3 cm³/mol. The molecular weight excluding hydrogens is 219 g/mol. The fraction of sp³-hybridized carbons (Fsp3) is 0.462. The summed E-state index contributed by atoms with van der Waals surface area (Å²) in [6, 6.07) is 5.61. The lowest BCUT2D eigenvalue weighted by atomic mass is 10.00. The van der Waals surface area contributed by atoms with Gasteiger partial charge in [0.15, 0.2) is 0 Å². The van der Waals surface area contributed by atoms with Crippen molar-refractivity contribution in [3.63, 3.8) is 0 Å². The molecule has 0 aliphatic carbocycles. The first-order valence-corrected chi connectivity index (χ1v) is 6.00. The van der Waals surface area contributed by atoms with Crippen molar-refractivity contribution in [1.82, 2.24) is 10.6 Å². The van der Waals surface area contributed by atoms with Crippen LogP contribution in [0.3, 0.4) is 0 Å². The molecule has 1 aromatic carbocycles. The van der Waals surface area contributed by atoms with E-state index < -0.39 is 0 Å². The zero-order valence-electron chi connectivity index (χ0n) is 9.71. The molecule has 1 unspecified atom stereocenters. The first kappa shape index (κ1) is 12.0. The Hall–Kier alpha value is -1.42. The maximum absolute atomic E-state index is 12.7. The van der Waals surface area contributed by atoms with Gasteiger partial charge in [-0.1, -0.05) is 0 Å². The number of amides is 1. The van der Waals surface area contributed by atoms with Crippen LogP contribution in [0.25, 0.3) is 0 Å². The molecule has 0 saturated carbocycles. The number of halogens is 1. The Morgan fingerprint density at radius 1 is 1.41 bits per heavy atom. The molecule has 1 heterocycles. The first-order valence-electron chi connectivity index (χ1n) is 6.00. The number of carbonyl (C=O) groups excluding carboxylic acids is 1. The molecule has 1 aromatic rings. The van der Waals surface area contributed by atoms with E-state index in [1.165, 1.54) is 24.3 Å². The van der Waals surface area contributed by atoms with E-state index in [-0.39, 0.29) is 11.7 Å². The van der Waals surface area contributed by atoms with Crippen LogP contribution in [-0.2, 0) is 0 Å². The summed E-state index contributed by atoms with van der Waals surface area (Å²) in [4.78, 5) is 11.7. The summed E-state index contributed by atoms with van der Waals surface area (Å²) >= 11 is 0. The zero-order chi connectivity index (χ0) is 12.1. The summed E-state index contributed by atoms with van der Waals surface area (Å²) < 4.78 is 12.7. The third-order valence-corrected chi connectivity index (χ3v) is 3.06. The average Bonchev–Trinajstić information content (AvgIpc) is 2.38. The van der Waals surface area contributed by atoms with Gasteiger partial charge in [0.25, 0.3) is 5.91 Å². The van der Waals surface area contributed by atoms with Gasteiger partial charge < -0.3 is 10.6 Å². The first-order chi connectivity index (χ1) is 8.25. The molecule has 1 amide bonds. The fourth-order valence-electron chi connectivity index (χ4n) is 2.04. The van der Waals surface area contributed by atoms with Gasteiger partial charge in [-0.2, -0.15) is 0 Å². The molecule has 2 N–H and O–H groups in total. The van der Waals surface area contributed by atoms with E-state index in [0.29, 0.717) is 18.0 Å². The van der Waals surface area contributed by atoms with E-state index in [1.807, 2.05) is 0 Å². The zero-order valence-corrected chi connectivity index (χ0v) is 9.71.